The topological polar surface area (TPSA) is 58.6 Å². The van der Waals surface area contributed by atoms with Crippen molar-refractivity contribution in [3.05, 3.63) is 29.3 Å². The molecule has 1 aliphatic rings. The molecule has 1 unspecified atom stereocenters. The molecule has 1 aromatic rings. The second kappa shape index (κ2) is 5.99. The minimum atomic E-state index is -0.448. The van der Waals surface area contributed by atoms with Crippen molar-refractivity contribution >= 4 is 17.7 Å². The number of hydrogen-bond acceptors (Lipinski definition) is 3. The molecular formula is C17H24N2O3. The Bertz CT molecular complexity index is 570. The van der Waals surface area contributed by atoms with E-state index in [1.165, 1.54) is 0 Å². The molecule has 0 spiro atoms. The van der Waals surface area contributed by atoms with E-state index < -0.39 is 5.41 Å². The summed E-state index contributed by atoms with van der Waals surface area (Å²) in [6.07, 6.45) is -0.681. The fraction of sp³-hybridized carbons (Fsp3) is 0.529. The number of nitrogens with one attached hydrogen (secondary N) is 1. The zero-order chi connectivity index (χ0) is 16.5. The molecular weight excluding hydrogens is 280 g/mol. The Balaban J connectivity index is 2.00. The van der Waals surface area contributed by atoms with Crippen LogP contribution >= 0.6 is 0 Å². The van der Waals surface area contributed by atoms with Gasteiger partial charge in [0.1, 0.15) is 6.10 Å². The molecule has 1 N–H and O–H groups in total. The van der Waals surface area contributed by atoms with Crippen LogP contribution in [0.15, 0.2) is 18.2 Å². The first-order chi connectivity index (χ1) is 10.2. The Morgan fingerprint density at radius 1 is 1.27 bits per heavy atom. The highest BCUT2D eigenvalue weighted by Crippen LogP contribution is 2.24. The lowest BCUT2D eigenvalue weighted by Gasteiger charge is -2.19. The van der Waals surface area contributed by atoms with Crippen LogP contribution in [-0.2, 0) is 9.53 Å². The number of rotatable bonds is 3. The van der Waals surface area contributed by atoms with Crippen molar-refractivity contribution in [2.45, 2.75) is 40.7 Å². The Morgan fingerprint density at radius 3 is 2.41 bits per heavy atom. The van der Waals surface area contributed by atoms with Crippen LogP contribution in [0.5, 0.6) is 0 Å². The second-order valence-electron chi connectivity index (χ2n) is 6.92. The Labute approximate surface area is 131 Å². The van der Waals surface area contributed by atoms with E-state index >= 15 is 0 Å². The van der Waals surface area contributed by atoms with Crippen molar-refractivity contribution in [1.29, 1.82) is 0 Å². The molecule has 1 saturated heterocycles. The molecule has 0 radical (unpaired) electrons. The monoisotopic (exact) mass is 304 g/mol. The number of carbonyl (C=O) groups is 2. The van der Waals surface area contributed by atoms with Gasteiger partial charge >= 0.3 is 6.09 Å². The van der Waals surface area contributed by atoms with Crippen LogP contribution in [0.2, 0.25) is 0 Å². The first-order valence-corrected chi connectivity index (χ1v) is 7.51. The quantitative estimate of drug-likeness (QED) is 0.934. The molecule has 5 nitrogen and oxygen atoms in total. The molecule has 5 heteroatoms. The summed E-state index contributed by atoms with van der Waals surface area (Å²) in [4.78, 5) is 25.5. The van der Waals surface area contributed by atoms with Crippen LogP contribution in [0.3, 0.4) is 0 Å². The lowest BCUT2D eigenvalue weighted by atomic mass is 9.96. The molecule has 1 aromatic carbocycles. The predicted molar refractivity (Wildman–Crippen MR) is 86.0 cm³/mol. The van der Waals surface area contributed by atoms with Gasteiger partial charge in [0, 0.05) is 11.1 Å². The van der Waals surface area contributed by atoms with Gasteiger partial charge in [0.15, 0.2) is 0 Å². The van der Waals surface area contributed by atoms with E-state index in [2.05, 4.69) is 11.4 Å². The zero-order valence-corrected chi connectivity index (χ0v) is 13.9. The van der Waals surface area contributed by atoms with Gasteiger partial charge in [-0.25, -0.2) is 4.79 Å². The molecule has 0 bridgehead atoms. The van der Waals surface area contributed by atoms with Crippen LogP contribution < -0.4 is 10.2 Å². The van der Waals surface area contributed by atoms with Gasteiger partial charge in [0.05, 0.1) is 13.1 Å². The summed E-state index contributed by atoms with van der Waals surface area (Å²) in [5.74, 6) is -0.0478. The molecule has 2 amide bonds. The summed E-state index contributed by atoms with van der Waals surface area (Å²) in [5.41, 5.74) is 2.60. The van der Waals surface area contributed by atoms with E-state index in [4.69, 9.17) is 4.74 Å². The first-order valence-electron chi connectivity index (χ1n) is 7.51. The summed E-state index contributed by atoms with van der Waals surface area (Å²) in [5, 5.41) is 2.84. The second-order valence-corrected chi connectivity index (χ2v) is 6.92. The van der Waals surface area contributed by atoms with Gasteiger partial charge in [0.2, 0.25) is 5.91 Å². The standard InChI is InChI=1S/C17H24N2O3/c1-11-6-12(2)8-13(7-11)19-10-14(22-16(19)21)9-18-15(20)17(3,4)5/h6-8,14H,9-10H2,1-5H3,(H,18,20). The minimum absolute atomic E-state index is 0.0478. The highest BCUT2D eigenvalue weighted by Gasteiger charge is 2.33. The largest absolute Gasteiger partial charge is 0.442 e. The highest BCUT2D eigenvalue weighted by atomic mass is 16.6. The van der Waals surface area contributed by atoms with Crippen molar-refractivity contribution in [3.8, 4) is 0 Å². The fourth-order valence-electron chi connectivity index (χ4n) is 2.42. The van der Waals surface area contributed by atoms with Gasteiger partial charge in [-0.05, 0) is 37.1 Å². The van der Waals surface area contributed by atoms with Crippen molar-refractivity contribution in [2.75, 3.05) is 18.0 Å². The maximum Gasteiger partial charge on any atom is 0.414 e. The van der Waals surface area contributed by atoms with Gasteiger partial charge in [-0.15, -0.1) is 0 Å². The van der Waals surface area contributed by atoms with Crippen molar-refractivity contribution < 1.29 is 14.3 Å². The van der Waals surface area contributed by atoms with Crippen LogP contribution in [-0.4, -0.2) is 31.2 Å². The Hall–Kier alpha value is -2.04. The number of anilines is 1. The fourth-order valence-corrected chi connectivity index (χ4v) is 2.42. The smallest absolute Gasteiger partial charge is 0.414 e. The van der Waals surface area contributed by atoms with E-state index in [0.717, 1.165) is 16.8 Å². The normalized spacial score (nSPS) is 18.3. The average molecular weight is 304 g/mol. The van der Waals surface area contributed by atoms with Crippen molar-refractivity contribution in [1.82, 2.24) is 5.32 Å². The van der Waals surface area contributed by atoms with Crippen LogP contribution in [0.1, 0.15) is 31.9 Å². The zero-order valence-electron chi connectivity index (χ0n) is 13.9. The van der Waals surface area contributed by atoms with Gasteiger partial charge < -0.3 is 10.1 Å². The van der Waals surface area contributed by atoms with Gasteiger partial charge in [-0.1, -0.05) is 26.8 Å². The number of cyclic esters (lactones) is 1. The molecule has 0 aromatic heterocycles. The molecule has 1 heterocycles. The summed E-state index contributed by atoms with van der Waals surface area (Å²) < 4.78 is 5.34. The van der Waals surface area contributed by atoms with Gasteiger partial charge in [-0.2, -0.15) is 0 Å². The summed E-state index contributed by atoms with van der Waals surface area (Å²) >= 11 is 0. The molecule has 0 saturated carbocycles. The molecule has 1 atom stereocenters. The van der Waals surface area contributed by atoms with E-state index in [1.807, 2.05) is 46.8 Å². The van der Waals surface area contributed by atoms with Crippen molar-refractivity contribution in [2.24, 2.45) is 5.41 Å². The summed E-state index contributed by atoms with van der Waals surface area (Å²) in [6.45, 7) is 10.3. The van der Waals surface area contributed by atoms with E-state index in [1.54, 1.807) is 4.90 Å². The number of amides is 2. The first kappa shape index (κ1) is 16.3. The maximum atomic E-state index is 12.0. The van der Waals surface area contributed by atoms with Crippen LogP contribution in [0.4, 0.5) is 10.5 Å². The van der Waals surface area contributed by atoms with Crippen LogP contribution in [0.25, 0.3) is 0 Å². The molecule has 1 aliphatic heterocycles. The maximum absolute atomic E-state index is 12.0. The van der Waals surface area contributed by atoms with E-state index in [-0.39, 0.29) is 18.1 Å². The third kappa shape index (κ3) is 3.78. The predicted octanol–water partition coefficient (Wildman–Crippen LogP) is 2.79. The summed E-state index contributed by atoms with van der Waals surface area (Å²) in [7, 11) is 0. The van der Waals surface area contributed by atoms with Crippen molar-refractivity contribution in [3.63, 3.8) is 0 Å². The molecule has 22 heavy (non-hydrogen) atoms. The number of hydrogen-bond donors (Lipinski definition) is 1. The van der Waals surface area contributed by atoms with Gasteiger partial charge in [-0.3, -0.25) is 9.69 Å². The number of nitrogens with zero attached hydrogens (tertiary/aromatic N) is 1. The molecule has 0 aliphatic carbocycles. The van der Waals surface area contributed by atoms with E-state index in [0.29, 0.717) is 13.1 Å². The van der Waals surface area contributed by atoms with Crippen LogP contribution in [0, 0.1) is 19.3 Å². The SMILES string of the molecule is Cc1cc(C)cc(N2CC(CNC(=O)C(C)(C)C)OC2=O)c1. The average Bonchev–Trinajstić information content (AvgIpc) is 2.75. The number of aryl methyl sites for hydroxylation is 2. The Kier molecular flexibility index (Phi) is 4.44. The third-order valence-corrected chi connectivity index (χ3v) is 3.56. The molecule has 2 rings (SSSR count). The lowest BCUT2D eigenvalue weighted by Crippen LogP contribution is -2.40. The third-order valence-electron chi connectivity index (χ3n) is 3.56. The summed E-state index contributed by atoms with van der Waals surface area (Å²) in [6, 6.07) is 5.99. The highest BCUT2D eigenvalue weighted by molar-refractivity contribution is 5.90. The minimum Gasteiger partial charge on any atom is -0.442 e. The van der Waals surface area contributed by atoms with Gasteiger partial charge in [0.25, 0.3) is 0 Å². The number of carbonyl (C=O) groups excluding carboxylic acids is 2. The number of benzene rings is 1. The number of ether oxygens (including phenoxy) is 1. The molecule has 1 fully saturated rings. The lowest BCUT2D eigenvalue weighted by molar-refractivity contribution is -0.128. The molecule has 120 valence electrons. The van der Waals surface area contributed by atoms with E-state index in [9.17, 15) is 9.59 Å². The Morgan fingerprint density at radius 2 is 1.86 bits per heavy atom.